The molecule has 6 nitrogen and oxygen atoms in total. The van der Waals surface area contributed by atoms with Gasteiger partial charge in [-0.25, -0.2) is 19.6 Å². The summed E-state index contributed by atoms with van der Waals surface area (Å²) in [5, 5.41) is 2.96. The van der Waals surface area contributed by atoms with Gasteiger partial charge in [-0.05, 0) is 12.8 Å². The van der Waals surface area contributed by atoms with Crippen molar-refractivity contribution in [3.63, 3.8) is 0 Å². The summed E-state index contributed by atoms with van der Waals surface area (Å²) >= 11 is 0. The second-order valence-corrected chi connectivity index (χ2v) is 5.00. The lowest BCUT2D eigenvalue weighted by molar-refractivity contribution is -0.0373. The van der Waals surface area contributed by atoms with E-state index in [9.17, 15) is 8.78 Å². The van der Waals surface area contributed by atoms with E-state index in [4.69, 9.17) is 11.6 Å². The van der Waals surface area contributed by atoms with E-state index in [0.29, 0.717) is 37.6 Å². The molecule has 1 heterocycles. The van der Waals surface area contributed by atoms with Crippen molar-refractivity contribution in [1.82, 2.24) is 10.7 Å². The van der Waals surface area contributed by atoms with E-state index in [0.717, 1.165) is 0 Å². The van der Waals surface area contributed by atoms with Crippen LogP contribution in [-0.2, 0) is 0 Å². The fraction of sp³-hybridized carbons (Fsp3) is 0.818. The minimum Gasteiger partial charge on any atom is -0.328 e. The lowest BCUT2D eigenvalue weighted by Gasteiger charge is -2.28. The number of hydrogen-bond donors (Lipinski definition) is 4. The highest BCUT2D eigenvalue weighted by Gasteiger charge is 2.35. The van der Waals surface area contributed by atoms with Crippen LogP contribution in [0.2, 0.25) is 0 Å². The van der Waals surface area contributed by atoms with E-state index < -0.39 is 5.92 Å². The lowest BCUT2D eigenvalue weighted by Crippen LogP contribution is -2.50. The molecule has 2 rings (SSSR count). The Hall–Kier alpha value is -1.28. The van der Waals surface area contributed by atoms with Crippen LogP contribution in [0, 0.1) is 0 Å². The number of halogens is 2. The van der Waals surface area contributed by atoms with E-state index >= 15 is 0 Å². The molecule has 19 heavy (non-hydrogen) atoms. The molecule has 0 spiro atoms. The molecule has 0 aromatic carbocycles. The number of rotatable bonds is 2. The molecular weight excluding hydrogens is 254 g/mol. The Bertz CT molecular complexity index is 371. The van der Waals surface area contributed by atoms with Gasteiger partial charge >= 0.3 is 0 Å². The first-order valence-corrected chi connectivity index (χ1v) is 6.48. The van der Waals surface area contributed by atoms with Crippen LogP contribution in [0.1, 0.15) is 32.1 Å². The Morgan fingerprint density at radius 2 is 2.11 bits per heavy atom. The Morgan fingerprint density at radius 1 is 1.42 bits per heavy atom. The molecule has 2 aliphatic rings. The number of nitrogens with one attached hydrogen (secondary N) is 2. The second-order valence-electron chi connectivity index (χ2n) is 5.00. The van der Waals surface area contributed by atoms with Crippen molar-refractivity contribution < 1.29 is 8.78 Å². The first-order valence-electron chi connectivity index (χ1n) is 6.48. The summed E-state index contributed by atoms with van der Waals surface area (Å²) < 4.78 is 26.1. The third-order valence-electron chi connectivity index (χ3n) is 3.44. The van der Waals surface area contributed by atoms with Crippen LogP contribution in [0.3, 0.4) is 0 Å². The standard InChI is InChI=1S/C11H20F2N6/c12-11(13)3-1-7(2-4-11)16-9-5-8(6-14)17-10(18-9)19-15/h7-8H,1-6,14-15H2,(H2,16,17,18,19). The highest BCUT2D eigenvalue weighted by Crippen LogP contribution is 2.34. The summed E-state index contributed by atoms with van der Waals surface area (Å²) in [6, 6.07) is -0.131. The lowest BCUT2D eigenvalue weighted by atomic mass is 9.92. The van der Waals surface area contributed by atoms with Gasteiger partial charge in [0.05, 0.1) is 12.1 Å². The molecule has 1 unspecified atom stereocenters. The number of aliphatic imine (C=N–C) groups is 2. The van der Waals surface area contributed by atoms with Crippen LogP contribution >= 0.6 is 0 Å². The topological polar surface area (TPSA) is 101 Å². The molecule has 0 aromatic rings. The van der Waals surface area contributed by atoms with Gasteiger partial charge in [0.15, 0.2) is 0 Å². The van der Waals surface area contributed by atoms with Crippen molar-refractivity contribution in [1.29, 1.82) is 0 Å². The summed E-state index contributed by atoms with van der Waals surface area (Å²) in [5.41, 5.74) is 8.02. The summed E-state index contributed by atoms with van der Waals surface area (Å²) in [4.78, 5) is 8.73. The van der Waals surface area contributed by atoms with Gasteiger partial charge in [-0.1, -0.05) is 0 Å². The van der Waals surface area contributed by atoms with E-state index in [1.54, 1.807) is 0 Å². The van der Waals surface area contributed by atoms with Crippen molar-refractivity contribution in [2.45, 2.75) is 50.1 Å². The highest BCUT2D eigenvalue weighted by molar-refractivity contribution is 6.01. The number of hydrazine groups is 1. The van der Waals surface area contributed by atoms with Crippen molar-refractivity contribution in [2.24, 2.45) is 21.6 Å². The van der Waals surface area contributed by atoms with Crippen LogP contribution in [0.15, 0.2) is 9.98 Å². The Labute approximate surface area is 110 Å². The van der Waals surface area contributed by atoms with Crippen LogP contribution in [-0.4, -0.2) is 36.3 Å². The number of alkyl halides is 2. The molecule has 0 bridgehead atoms. The monoisotopic (exact) mass is 274 g/mol. The Balaban J connectivity index is 1.98. The molecule has 1 saturated carbocycles. The highest BCUT2D eigenvalue weighted by atomic mass is 19.3. The van der Waals surface area contributed by atoms with Gasteiger partial charge in [0, 0.05) is 25.8 Å². The average molecular weight is 274 g/mol. The molecule has 108 valence electrons. The number of amidine groups is 1. The number of nitrogens with zero attached hydrogens (tertiary/aromatic N) is 2. The fourth-order valence-corrected chi connectivity index (χ4v) is 2.34. The zero-order chi connectivity index (χ0) is 13.9. The molecule has 0 amide bonds. The zero-order valence-electron chi connectivity index (χ0n) is 10.7. The average Bonchev–Trinajstić information content (AvgIpc) is 2.40. The minimum atomic E-state index is -2.53. The van der Waals surface area contributed by atoms with E-state index in [-0.39, 0.29) is 24.9 Å². The summed E-state index contributed by atoms with van der Waals surface area (Å²) in [6.45, 7) is 0.397. The van der Waals surface area contributed by atoms with Crippen molar-refractivity contribution in [2.75, 3.05) is 6.54 Å². The summed E-state index contributed by atoms with van der Waals surface area (Å²) in [7, 11) is 0. The first kappa shape index (κ1) is 14.1. The van der Waals surface area contributed by atoms with Gasteiger partial charge in [0.2, 0.25) is 11.9 Å². The van der Waals surface area contributed by atoms with Gasteiger partial charge in [-0.15, -0.1) is 0 Å². The molecule has 0 radical (unpaired) electrons. The molecule has 8 heteroatoms. The normalized spacial score (nSPS) is 29.8. The predicted molar refractivity (Wildman–Crippen MR) is 70.0 cm³/mol. The van der Waals surface area contributed by atoms with Gasteiger partial charge in [0.1, 0.15) is 5.84 Å². The molecule has 0 aromatic heterocycles. The van der Waals surface area contributed by atoms with Crippen molar-refractivity contribution >= 4 is 11.8 Å². The largest absolute Gasteiger partial charge is 0.328 e. The Kier molecular flexibility index (Phi) is 4.31. The van der Waals surface area contributed by atoms with Crippen LogP contribution in [0.25, 0.3) is 0 Å². The van der Waals surface area contributed by atoms with Crippen LogP contribution < -0.4 is 22.3 Å². The first-order chi connectivity index (χ1) is 9.02. The Morgan fingerprint density at radius 3 is 2.68 bits per heavy atom. The predicted octanol–water partition coefficient (Wildman–Crippen LogP) is 0.103. The van der Waals surface area contributed by atoms with Gasteiger partial charge in [0.25, 0.3) is 0 Å². The maximum Gasteiger partial charge on any atom is 0.248 e. The quantitative estimate of drug-likeness (QED) is 0.424. The van der Waals surface area contributed by atoms with Gasteiger partial charge < -0.3 is 11.1 Å². The van der Waals surface area contributed by atoms with Crippen LogP contribution in [0.4, 0.5) is 8.78 Å². The van der Waals surface area contributed by atoms with Gasteiger partial charge in [-0.3, -0.25) is 10.4 Å². The maximum absolute atomic E-state index is 13.1. The fourth-order valence-electron chi connectivity index (χ4n) is 2.34. The molecule has 1 aliphatic heterocycles. The van der Waals surface area contributed by atoms with E-state index in [1.807, 2.05) is 0 Å². The van der Waals surface area contributed by atoms with Gasteiger partial charge in [-0.2, -0.15) is 0 Å². The minimum absolute atomic E-state index is 0.0577. The molecule has 0 saturated heterocycles. The summed E-state index contributed by atoms with van der Waals surface area (Å²) in [5.74, 6) is 3.92. The van der Waals surface area contributed by atoms with Crippen molar-refractivity contribution in [3.8, 4) is 0 Å². The maximum atomic E-state index is 13.1. The van der Waals surface area contributed by atoms with Crippen LogP contribution in [0.5, 0.6) is 0 Å². The molecule has 1 atom stereocenters. The second kappa shape index (κ2) is 5.79. The third-order valence-corrected chi connectivity index (χ3v) is 3.44. The smallest absolute Gasteiger partial charge is 0.248 e. The number of nitrogens with two attached hydrogens (primary N) is 2. The van der Waals surface area contributed by atoms with E-state index in [2.05, 4.69) is 20.7 Å². The van der Waals surface area contributed by atoms with E-state index in [1.165, 1.54) is 0 Å². The molecule has 6 N–H and O–H groups in total. The zero-order valence-corrected chi connectivity index (χ0v) is 10.7. The third kappa shape index (κ3) is 3.84. The van der Waals surface area contributed by atoms with Crippen molar-refractivity contribution in [3.05, 3.63) is 0 Å². The molecule has 1 fully saturated rings. The molecule has 1 aliphatic carbocycles. The number of guanidine groups is 1. The summed E-state index contributed by atoms with van der Waals surface area (Å²) in [6.07, 6.45) is 1.23. The molecular formula is C11H20F2N6. The SMILES string of the molecule is NCC1CC(=NC2CCC(F)(F)CC2)NC(NN)=N1. The number of hydrogen-bond acceptors (Lipinski definition) is 5.